The Kier molecular flexibility index (Phi) is 4.02. The predicted molar refractivity (Wildman–Crippen MR) is 53.4 cm³/mol. The molecule has 2 aromatic heterocycles. The minimum absolute atomic E-state index is 0. The number of nitrogens with one attached hydrogen (secondary N) is 1. The number of aromatic amines is 1. The van der Waals surface area contributed by atoms with Crippen LogP contribution in [0.3, 0.4) is 0 Å². The number of rotatable bonds is 3. The molecule has 0 spiro atoms. The number of aromatic nitrogens is 4. The number of H-pyrrole nitrogens is 1. The molecule has 0 aromatic carbocycles. The number of anilines is 1. The molecule has 15 heavy (non-hydrogen) atoms. The first kappa shape index (κ1) is 11.9. The number of nitrogen functional groups attached to an aromatic ring is 1. The van der Waals surface area contributed by atoms with Gasteiger partial charge in [-0.2, -0.15) is 0 Å². The van der Waals surface area contributed by atoms with Crippen molar-refractivity contribution in [3.05, 3.63) is 12.7 Å². The van der Waals surface area contributed by atoms with Crippen LogP contribution in [0.4, 0.5) is 5.82 Å². The van der Waals surface area contributed by atoms with Crippen LogP contribution in [-0.4, -0.2) is 15.0 Å². The van der Waals surface area contributed by atoms with Crippen LogP contribution in [0.25, 0.3) is 11.2 Å². The first-order chi connectivity index (χ1) is 6.83. The van der Waals surface area contributed by atoms with Gasteiger partial charge in [0.1, 0.15) is 0 Å². The maximum absolute atomic E-state index is 5.70. The molecule has 0 aliphatic rings. The Balaban J connectivity index is 0.00000112. The van der Waals surface area contributed by atoms with Crippen LogP contribution in [0, 0.1) is 0 Å². The molecule has 2 heterocycles. The first-order valence-electron chi connectivity index (χ1n) is 4.80. The Morgan fingerprint density at radius 2 is 2.27 bits per heavy atom. The Hall–Kier alpha value is -1.17. The lowest BCUT2D eigenvalue weighted by molar-refractivity contribution is -0.676. The number of nitrogens with zero attached hydrogens (tertiary/aromatic N) is 3. The molecule has 0 saturated carbocycles. The molecule has 0 amide bonds. The highest BCUT2D eigenvalue weighted by atomic mass is 79.9. The lowest BCUT2D eigenvalue weighted by Gasteiger charge is -1.99. The van der Waals surface area contributed by atoms with Crippen LogP contribution in [0.15, 0.2) is 12.7 Å². The van der Waals surface area contributed by atoms with Crippen molar-refractivity contribution in [2.24, 2.45) is 0 Å². The quantitative estimate of drug-likeness (QED) is 0.614. The fourth-order valence-electron chi connectivity index (χ4n) is 1.44. The molecule has 0 saturated heterocycles. The number of hydrogen-bond acceptors (Lipinski definition) is 3. The topological polar surface area (TPSA) is 71.5 Å². The van der Waals surface area contributed by atoms with Crippen LogP contribution in [0.5, 0.6) is 0 Å². The van der Waals surface area contributed by atoms with Gasteiger partial charge in [-0.15, -0.1) is 0 Å². The maximum Gasteiger partial charge on any atom is 0.293 e. The van der Waals surface area contributed by atoms with Crippen molar-refractivity contribution in [3.8, 4) is 0 Å². The van der Waals surface area contributed by atoms with Crippen molar-refractivity contribution in [2.75, 3.05) is 5.73 Å². The van der Waals surface area contributed by atoms with Crippen LogP contribution in [0.2, 0.25) is 0 Å². The number of unbranched alkanes of at least 4 members (excludes halogenated alkanes) is 1. The normalized spacial score (nSPS) is 10.2. The summed E-state index contributed by atoms with van der Waals surface area (Å²) in [5.41, 5.74) is 7.41. The number of imidazole rings is 1. The molecular weight excluding hydrogens is 258 g/mol. The predicted octanol–water partition coefficient (Wildman–Crippen LogP) is -2.37. The summed E-state index contributed by atoms with van der Waals surface area (Å²) in [4.78, 5) is 11.3. The largest absolute Gasteiger partial charge is 1.00 e. The van der Waals surface area contributed by atoms with E-state index in [4.69, 9.17) is 5.73 Å². The third-order valence-electron chi connectivity index (χ3n) is 2.24. The van der Waals surface area contributed by atoms with Gasteiger partial charge in [-0.3, -0.25) is 0 Å². The number of halogens is 1. The van der Waals surface area contributed by atoms with Crippen LogP contribution >= 0.6 is 0 Å². The van der Waals surface area contributed by atoms with Crippen molar-refractivity contribution in [3.63, 3.8) is 0 Å². The number of fused-ring (bicyclic) bond motifs is 1. The molecule has 2 aromatic rings. The Bertz CT molecular complexity index is 439. The second kappa shape index (κ2) is 5.06. The number of hydrogen-bond donors (Lipinski definition) is 2. The molecule has 0 bridgehead atoms. The smallest absolute Gasteiger partial charge is 0.293 e. The SMILES string of the molecule is CCCC[n+]1cnc(N)c2[nH]cnc21.[Br-]. The highest BCUT2D eigenvalue weighted by Crippen LogP contribution is 2.09. The third-order valence-corrected chi connectivity index (χ3v) is 2.24. The Labute approximate surface area is 98.5 Å². The summed E-state index contributed by atoms with van der Waals surface area (Å²) in [6.45, 7) is 3.10. The van der Waals surface area contributed by atoms with Crippen molar-refractivity contribution in [2.45, 2.75) is 26.3 Å². The van der Waals surface area contributed by atoms with Gasteiger partial charge in [0.15, 0.2) is 11.8 Å². The van der Waals surface area contributed by atoms with Gasteiger partial charge >= 0.3 is 0 Å². The molecule has 0 radical (unpaired) electrons. The number of nitrogens with two attached hydrogens (primary N) is 1. The van der Waals surface area contributed by atoms with Crippen molar-refractivity contribution >= 4 is 17.0 Å². The molecule has 3 N–H and O–H groups in total. The van der Waals surface area contributed by atoms with Gasteiger partial charge in [-0.05, 0) is 6.42 Å². The molecule has 0 atom stereocenters. The zero-order valence-electron chi connectivity index (χ0n) is 8.57. The molecule has 0 aliphatic heterocycles. The fraction of sp³-hybridized carbons (Fsp3) is 0.444. The van der Waals surface area contributed by atoms with Crippen molar-refractivity contribution in [1.29, 1.82) is 0 Å². The summed E-state index contributed by atoms with van der Waals surface area (Å²) in [7, 11) is 0. The van der Waals surface area contributed by atoms with Gasteiger partial charge in [0.25, 0.3) is 5.65 Å². The highest BCUT2D eigenvalue weighted by molar-refractivity contribution is 5.77. The van der Waals surface area contributed by atoms with E-state index in [0.29, 0.717) is 5.82 Å². The molecule has 6 heteroatoms. The van der Waals surface area contributed by atoms with E-state index in [1.54, 1.807) is 12.7 Å². The zero-order valence-corrected chi connectivity index (χ0v) is 10.2. The molecule has 0 unspecified atom stereocenters. The first-order valence-corrected chi connectivity index (χ1v) is 4.80. The van der Waals surface area contributed by atoms with E-state index in [1.807, 2.05) is 4.57 Å². The van der Waals surface area contributed by atoms with E-state index in [-0.39, 0.29) is 17.0 Å². The third kappa shape index (κ3) is 2.26. The highest BCUT2D eigenvalue weighted by Gasteiger charge is 2.13. The second-order valence-electron chi connectivity index (χ2n) is 3.28. The minimum atomic E-state index is 0. The zero-order chi connectivity index (χ0) is 9.97. The van der Waals surface area contributed by atoms with E-state index in [2.05, 4.69) is 21.9 Å². The second-order valence-corrected chi connectivity index (χ2v) is 3.28. The van der Waals surface area contributed by atoms with Crippen molar-refractivity contribution < 1.29 is 21.5 Å². The molecule has 2 rings (SSSR count). The van der Waals surface area contributed by atoms with E-state index in [9.17, 15) is 0 Å². The van der Waals surface area contributed by atoms with Gasteiger partial charge in [-0.25, -0.2) is 4.57 Å². The van der Waals surface area contributed by atoms with Gasteiger partial charge in [0.2, 0.25) is 12.1 Å². The summed E-state index contributed by atoms with van der Waals surface area (Å²) in [5.74, 6) is 0.505. The molecule has 0 aliphatic carbocycles. The molecule has 5 nitrogen and oxygen atoms in total. The lowest BCUT2D eigenvalue weighted by atomic mass is 10.3. The maximum atomic E-state index is 5.70. The summed E-state index contributed by atoms with van der Waals surface area (Å²) in [6.07, 6.45) is 5.67. The summed E-state index contributed by atoms with van der Waals surface area (Å²) >= 11 is 0. The standard InChI is InChI=1S/C9H13N5.BrH/c1-2-3-4-14-6-13-8(10)7-9(14)12-5-11-7;/h5-6H,2-4H2,1H3,(H2,10,11,12);1H. The number of aryl methyl sites for hydroxylation is 1. The molecular formula is C9H14BrN5. The van der Waals surface area contributed by atoms with Crippen LogP contribution in [-0.2, 0) is 6.54 Å². The van der Waals surface area contributed by atoms with E-state index >= 15 is 0 Å². The fourth-order valence-corrected chi connectivity index (χ4v) is 1.44. The Morgan fingerprint density at radius 1 is 1.47 bits per heavy atom. The lowest BCUT2D eigenvalue weighted by Crippen LogP contribution is -3.00. The van der Waals surface area contributed by atoms with Gasteiger partial charge in [-0.1, -0.05) is 23.3 Å². The Morgan fingerprint density at radius 3 is 3.00 bits per heavy atom. The van der Waals surface area contributed by atoms with Gasteiger partial charge in [0.05, 0.1) is 6.54 Å². The summed E-state index contributed by atoms with van der Waals surface area (Å²) in [6, 6.07) is 0. The minimum Gasteiger partial charge on any atom is -1.00 e. The summed E-state index contributed by atoms with van der Waals surface area (Å²) < 4.78 is 2.02. The van der Waals surface area contributed by atoms with E-state index < -0.39 is 0 Å². The van der Waals surface area contributed by atoms with Gasteiger partial charge in [0, 0.05) is 0 Å². The van der Waals surface area contributed by atoms with Gasteiger partial charge < -0.3 is 27.7 Å². The molecule has 82 valence electrons. The average molecular weight is 272 g/mol. The average Bonchev–Trinajstić information content (AvgIpc) is 2.66. The summed E-state index contributed by atoms with van der Waals surface area (Å²) in [5, 5.41) is 0. The van der Waals surface area contributed by atoms with Crippen molar-refractivity contribution in [1.82, 2.24) is 15.0 Å². The van der Waals surface area contributed by atoms with Crippen LogP contribution in [0.1, 0.15) is 19.8 Å². The monoisotopic (exact) mass is 271 g/mol. The van der Waals surface area contributed by atoms with E-state index in [0.717, 1.165) is 30.6 Å². The molecule has 0 fully saturated rings. The van der Waals surface area contributed by atoms with Crippen LogP contribution < -0.4 is 27.3 Å². The van der Waals surface area contributed by atoms with E-state index in [1.165, 1.54) is 0 Å².